The number of aliphatic hydroxyl groups excluding tert-OH is 3. The van der Waals surface area contributed by atoms with Gasteiger partial charge in [0.1, 0.15) is 36.4 Å². The number of nitrogens with two attached hydrogens (primary N) is 1. The summed E-state index contributed by atoms with van der Waals surface area (Å²) in [5, 5.41) is 28.8. The van der Waals surface area contributed by atoms with E-state index in [-0.39, 0.29) is 12.6 Å². The van der Waals surface area contributed by atoms with E-state index in [2.05, 4.69) is 9.97 Å². The van der Waals surface area contributed by atoms with Gasteiger partial charge in [-0.05, 0) is 6.07 Å². The van der Waals surface area contributed by atoms with Crippen LogP contribution in [0.4, 0.5) is 5.95 Å². The highest BCUT2D eigenvalue weighted by atomic mass is 16.6. The molecule has 3 rings (SSSR count). The summed E-state index contributed by atoms with van der Waals surface area (Å²) in [6, 6.07) is 1.70. The highest BCUT2D eigenvalue weighted by Crippen LogP contribution is 2.35. The van der Waals surface area contributed by atoms with E-state index < -0.39 is 24.4 Å². The number of hydrogen-bond donors (Lipinski definition) is 4. The van der Waals surface area contributed by atoms with E-state index in [1.165, 1.54) is 6.33 Å². The van der Waals surface area contributed by atoms with E-state index in [1.807, 2.05) is 0 Å². The average molecular weight is 266 g/mol. The summed E-state index contributed by atoms with van der Waals surface area (Å²) in [7, 11) is 0. The van der Waals surface area contributed by atoms with Gasteiger partial charge in [-0.1, -0.05) is 0 Å². The second kappa shape index (κ2) is 4.42. The molecule has 3 heterocycles. The van der Waals surface area contributed by atoms with Gasteiger partial charge in [0, 0.05) is 11.8 Å². The lowest BCUT2D eigenvalue weighted by Gasteiger charge is -2.13. The molecule has 0 aromatic carbocycles. The zero-order chi connectivity index (χ0) is 13.6. The number of ether oxygens (including phenoxy) is 1. The predicted octanol–water partition coefficient (Wildman–Crippen LogP) is -1.53. The Hall–Kier alpha value is -1.74. The Kier molecular flexibility index (Phi) is 2.86. The molecule has 1 aliphatic heterocycles. The van der Waals surface area contributed by atoms with Crippen LogP contribution in [0.1, 0.15) is 11.7 Å². The topological polar surface area (TPSA) is 126 Å². The molecule has 0 saturated carbocycles. The maximum absolute atomic E-state index is 9.99. The van der Waals surface area contributed by atoms with Gasteiger partial charge in [0.15, 0.2) is 0 Å². The molecule has 1 fully saturated rings. The minimum Gasteiger partial charge on any atom is -0.394 e. The number of fused-ring (bicyclic) bond motifs is 1. The van der Waals surface area contributed by atoms with Gasteiger partial charge in [-0.3, -0.25) is 4.40 Å². The van der Waals surface area contributed by atoms with Crippen molar-refractivity contribution in [2.75, 3.05) is 12.3 Å². The zero-order valence-electron chi connectivity index (χ0n) is 9.92. The van der Waals surface area contributed by atoms with Gasteiger partial charge >= 0.3 is 0 Å². The number of aromatic nitrogens is 3. The van der Waals surface area contributed by atoms with E-state index in [0.29, 0.717) is 11.2 Å². The molecule has 0 aliphatic carbocycles. The van der Waals surface area contributed by atoms with Crippen molar-refractivity contribution in [3.63, 3.8) is 0 Å². The van der Waals surface area contributed by atoms with Crippen LogP contribution in [-0.4, -0.2) is 54.6 Å². The largest absolute Gasteiger partial charge is 0.394 e. The van der Waals surface area contributed by atoms with Gasteiger partial charge in [-0.2, -0.15) is 0 Å². The van der Waals surface area contributed by atoms with Crippen LogP contribution in [0.3, 0.4) is 0 Å². The van der Waals surface area contributed by atoms with Gasteiger partial charge in [0.2, 0.25) is 5.95 Å². The lowest BCUT2D eigenvalue weighted by Crippen LogP contribution is -2.32. The molecule has 0 spiro atoms. The fourth-order valence-corrected chi connectivity index (χ4v) is 2.34. The quantitative estimate of drug-likeness (QED) is 0.519. The summed E-state index contributed by atoms with van der Waals surface area (Å²) < 4.78 is 7.02. The third-order valence-corrected chi connectivity index (χ3v) is 3.36. The van der Waals surface area contributed by atoms with Crippen molar-refractivity contribution >= 4 is 11.6 Å². The molecule has 0 amide bonds. The first-order valence-electron chi connectivity index (χ1n) is 5.83. The molecule has 1 saturated heterocycles. The second-order valence-electron chi connectivity index (χ2n) is 4.46. The van der Waals surface area contributed by atoms with Crippen molar-refractivity contribution in [1.29, 1.82) is 0 Å². The fourth-order valence-electron chi connectivity index (χ4n) is 2.34. The third-order valence-electron chi connectivity index (χ3n) is 3.36. The summed E-state index contributed by atoms with van der Waals surface area (Å²) in [4.78, 5) is 7.94. The molecule has 1 aliphatic rings. The minimum absolute atomic E-state index is 0.267. The maximum Gasteiger partial charge on any atom is 0.207 e. The number of rotatable bonds is 2. The van der Waals surface area contributed by atoms with E-state index in [1.54, 1.807) is 16.7 Å². The summed E-state index contributed by atoms with van der Waals surface area (Å²) in [6.45, 7) is -0.363. The van der Waals surface area contributed by atoms with Crippen LogP contribution in [0, 0.1) is 0 Å². The molecule has 8 nitrogen and oxygen atoms in total. The number of aliphatic hydroxyl groups is 3. The molecule has 2 aromatic rings. The smallest absolute Gasteiger partial charge is 0.207 e. The molecule has 8 heteroatoms. The SMILES string of the molecule is Nc1ncnc2c([C@@H]3O[C@H](CO)[C@@H](O)[C@H]3O)ccn12. The second-order valence-corrected chi connectivity index (χ2v) is 4.46. The van der Waals surface area contributed by atoms with E-state index >= 15 is 0 Å². The highest BCUT2D eigenvalue weighted by Gasteiger charge is 2.44. The van der Waals surface area contributed by atoms with Gasteiger partial charge in [-0.15, -0.1) is 0 Å². The third kappa shape index (κ3) is 1.77. The highest BCUT2D eigenvalue weighted by molar-refractivity contribution is 5.53. The fraction of sp³-hybridized carbons (Fsp3) is 0.455. The molecule has 19 heavy (non-hydrogen) atoms. The molecule has 102 valence electrons. The lowest BCUT2D eigenvalue weighted by atomic mass is 10.0. The first-order valence-corrected chi connectivity index (χ1v) is 5.83. The monoisotopic (exact) mass is 266 g/mol. The van der Waals surface area contributed by atoms with E-state index in [0.717, 1.165) is 0 Å². The van der Waals surface area contributed by atoms with E-state index in [9.17, 15) is 10.2 Å². The molecule has 4 atom stereocenters. The summed E-state index contributed by atoms with van der Waals surface area (Å²) >= 11 is 0. The van der Waals surface area contributed by atoms with Crippen LogP contribution in [0.15, 0.2) is 18.6 Å². The van der Waals surface area contributed by atoms with Crippen molar-refractivity contribution in [3.05, 3.63) is 24.2 Å². The number of nitrogens with zero attached hydrogens (tertiary/aromatic N) is 3. The average Bonchev–Trinajstić information content (AvgIpc) is 2.94. The molecule has 0 radical (unpaired) electrons. The van der Waals surface area contributed by atoms with Gasteiger partial charge in [0.05, 0.1) is 6.61 Å². The predicted molar refractivity (Wildman–Crippen MR) is 64.1 cm³/mol. The molecule has 2 aromatic heterocycles. The standard InChI is InChI=1S/C11H14N4O4/c12-11-14-4-13-10-5(1-2-15(10)11)9-8(18)7(17)6(3-16)19-9/h1-2,4,6-9,16-18H,3H2,(H2,12,13,14)/t6-,7-,8-,9+/m1/s1. The Balaban J connectivity index is 2.04. The zero-order valence-corrected chi connectivity index (χ0v) is 9.92. The lowest BCUT2D eigenvalue weighted by molar-refractivity contribution is -0.0224. The Bertz CT molecular complexity index is 601. The summed E-state index contributed by atoms with van der Waals surface area (Å²) in [6.07, 6.45) is -0.853. The van der Waals surface area contributed by atoms with Crippen LogP contribution in [0.25, 0.3) is 5.65 Å². The van der Waals surface area contributed by atoms with Crippen LogP contribution >= 0.6 is 0 Å². The van der Waals surface area contributed by atoms with Crippen LogP contribution < -0.4 is 5.73 Å². The Morgan fingerprint density at radius 3 is 2.79 bits per heavy atom. The molecule has 5 N–H and O–H groups in total. The van der Waals surface area contributed by atoms with Crippen molar-refractivity contribution in [2.24, 2.45) is 0 Å². The Morgan fingerprint density at radius 1 is 1.32 bits per heavy atom. The molecule has 0 bridgehead atoms. The first kappa shape index (κ1) is 12.3. The first-order chi connectivity index (χ1) is 9.13. The number of anilines is 1. The van der Waals surface area contributed by atoms with Crippen LogP contribution in [0.5, 0.6) is 0 Å². The van der Waals surface area contributed by atoms with Gasteiger partial charge < -0.3 is 25.8 Å². The summed E-state index contributed by atoms with van der Waals surface area (Å²) in [5.74, 6) is 0.267. The van der Waals surface area contributed by atoms with Gasteiger partial charge in [-0.25, -0.2) is 9.97 Å². The normalized spacial score (nSPS) is 31.1. The molecular formula is C11H14N4O4. The van der Waals surface area contributed by atoms with Crippen LogP contribution in [0.2, 0.25) is 0 Å². The van der Waals surface area contributed by atoms with Crippen molar-refractivity contribution in [2.45, 2.75) is 24.4 Å². The summed E-state index contributed by atoms with van der Waals surface area (Å²) in [5.41, 5.74) is 6.80. The van der Waals surface area contributed by atoms with Gasteiger partial charge in [0.25, 0.3) is 0 Å². The van der Waals surface area contributed by atoms with Crippen LogP contribution in [-0.2, 0) is 4.74 Å². The van der Waals surface area contributed by atoms with Crippen molar-refractivity contribution in [3.8, 4) is 0 Å². The number of hydrogen-bond acceptors (Lipinski definition) is 7. The van der Waals surface area contributed by atoms with E-state index in [4.69, 9.17) is 15.6 Å². The maximum atomic E-state index is 9.99. The Morgan fingerprint density at radius 2 is 2.11 bits per heavy atom. The minimum atomic E-state index is -1.14. The van der Waals surface area contributed by atoms with Crippen molar-refractivity contribution < 1.29 is 20.1 Å². The van der Waals surface area contributed by atoms with Crippen molar-refractivity contribution in [1.82, 2.24) is 14.4 Å². The number of nitrogen functional groups attached to an aromatic ring is 1. The molecule has 0 unspecified atom stereocenters. The Labute approximate surface area is 108 Å². The molecular weight excluding hydrogens is 252 g/mol.